The van der Waals surface area contributed by atoms with Gasteiger partial charge in [0.15, 0.2) is 11.5 Å². The first-order chi connectivity index (χ1) is 17.5. The van der Waals surface area contributed by atoms with Gasteiger partial charge in [0.05, 0.1) is 45.4 Å². The Hall–Kier alpha value is -3.38. The van der Waals surface area contributed by atoms with Gasteiger partial charge in [-0.1, -0.05) is 41.4 Å². The van der Waals surface area contributed by atoms with Crippen LogP contribution in [0.5, 0.6) is 17.2 Å². The number of aromatic hydroxyl groups is 1. The summed E-state index contributed by atoms with van der Waals surface area (Å²) in [4.78, 5) is -0.757. The summed E-state index contributed by atoms with van der Waals surface area (Å²) >= 11 is 12.2. The molecule has 4 aromatic rings. The number of nitrogens with one attached hydrogen (secondary N) is 2. The summed E-state index contributed by atoms with van der Waals surface area (Å²) in [6.45, 7) is 0. The number of sulfonamides is 2. The Bertz CT molecular complexity index is 1730. The van der Waals surface area contributed by atoms with E-state index in [1.807, 2.05) is 0 Å². The molecule has 0 aliphatic carbocycles. The van der Waals surface area contributed by atoms with Crippen LogP contribution in [0.4, 0.5) is 11.4 Å². The molecule has 0 atom stereocenters. The molecule has 4 aromatic carbocycles. The van der Waals surface area contributed by atoms with Crippen LogP contribution in [-0.2, 0) is 20.0 Å². The highest BCUT2D eigenvalue weighted by Crippen LogP contribution is 2.37. The molecule has 0 saturated heterocycles. The van der Waals surface area contributed by atoms with Crippen molar-refractivity contribution in [2.75, 3.05) is 23.7 Å². The average Bonchev–Trinajstić information content (AvgIpc) is 2.83. The van der Waals surface area contributed by atoms with E-state index in [2.05, 4.69) is 9.44 Å². The quantitative estimate of drug-likeness (QED) is 0.251. The highest BCUT2D eigenvalue weighted by atomic mass is 35.5. The van der Waals surface area contributed by atoms with E-state index in [-0.39, 0.29) is 54.3 Å². The van der Waals surface area contributed by atoms with Crippen molar-refractivity contribution < 1.29 is 31.4 Å². The molecular formula is C24H20Cl2N2O7S2. The number of halogens is 2. The van der Waals surface area contributed by atoms with Gasteiger partial charge in [-0.25, -0.2) is 16.8 Å². The molecule has 37 heavy (non-hydrogen) atoms. The third kappa shape index (κ3) is 5.35. The van der Waals surface area contributed by atoms with Gasteiger partial charge < -0.3 is 14.6 Å². The first kappa shape index (κ1) is 26.7. The molecule has 0 aliphatic rings. The monoisotopic (exact) mass is 582 g/mol. The van der Waals surface area contributed by atoms with E-state index in [0.29, 0.717) is 0 Å². The Labute approximate surface area is 223 Å². The van der Waals surface area contributed by atoms with Gasteiger partial charge in [0.1, 0.15) is 5.75 Å². The molecule has 3 N–H and O–H groups in total. The number of methoxy groups -OCH3 is 2. The van der Waals surface area contributed by atoms with E-state index in [0.717, 1.165) is 6.07 Å². The summed E-state index contributed by atoms with van der Waals surface area (Å²) in [5, 5.41) is 10.7. The van der Waals surface area contributed by atoms with Crippen LogP contribution in [0.15, 0.2) is 76.5 Å². The maximum atomic E-state index is 13.5. The van der Waals surface area contributed by atoms with Crippen LogP contribution in [-0.4, -0.2) is 36.2 Å². The maximum absolute atomic E-state index is 13.5. The lowest BCUT2D eigenvalue weighted by Gasteiger charge is -2.17. The fourth-order valence-electron chi connectivity index (χ4n) is 3.66. The zero-order chi connectivity index (χ0) is 27.0. The van der Waals surface area contributed by atoms with Gasteiger partial charge in [0, 0.05) is 5.39 Å². The molecule has 194 valence electrons. The zero-order valence-electron chi connectivity index (χ0n) is 19.3. The van der Waals surface area contributed by atoms with E-state index < -0.39 is 24.9 Å². The molecule has 0 amide bonds. The van der Waals surface area contributed by atoms with Crippen LogP contribution in [0.3, 0.4) is 0 Å². The van der Waals surface area contributed by atoms with Gasteiger partial charge in [0.25, 0.3) is 20.0 Å². The van der Waals surface area contributed by atoms with Crippen LogP contribution in [0.1, 0.15) is 0 Å². The van der Waals surface area contributed by atoms with Gasteiger partial charge in [-0.2, -0.15) is 0 Å². The van der Waals surface area contributed by atoms with Crippen molar-refractivity contribution in [3.05, 3.63) is 76.8 Å². The predicted octanol–water partition coefficient (Wildman–Crippen LogP) is 5.47. The zero-order valence-corrected chi connectivity index (χ0v) is 22.5. The minimum Gasteiger partial charge on any atom is -0.508 e. The number of anilines is 2. The third-order valence-corrected chi connectivity index (χ3v) is 8.65. The third-order valence-electron chi connectivity index (χ3n) is 5.30. The van der Waals surface area contributed by atoms with Crippen LogP contribution in [0.25, 0.3) is 10.8 Å². The number of fused-ring (bicyclic) bond motifs is 1. The number of phenols is 1. The Kier molecular flexibility index (Phi) is 7.33. The Morgan fingerprint density at radius 2 is 1.27 bits per heavy atom. The number of para-hydroxylation sites is 2. The lowest BCUT2D eigenvalue weighted by atomic mass is 10.1. The lowest BCUT2D eigenvalue weighted by molar-refractivity contribution is 0.417. The number of ether oxygens (including phenoxy) is 2. The van der Waals surface area contributed by atoms with Crippen LogP contribution < -0.4 is 18.9 Å². The van der Waals surface area contributed by atoms with Gasteiger partial charge in [-0.3, -0.25) is 9.44 Å². The number of phenolic OH excluding ortho intramolecular Hbond substituents is 1. The van der Waals surface area contributed by atoms with Crippen molar-refractivity contribution in [2.24, 2.45) is 0 Å². The molecule has 9 nitrogen and oxygen atoms in total. The van der Waals surface area contributed by atoms with E-state index >= 15 is 0 Å². The summed E-state index contributed by atoms with van der Waals surface area (Å²) in [6.07, 6.45) is 0. The maximum Gasteiger partial charge on any atom is 0.262 e. The minimum atomic E-state index is -4.42. The molecule has 0 heterocycles. The van der Waals surface area contributed by atoms with Crippen molar-refractivity contribution in [2.45, 2.75) is 9.79 Å². The Morgan fingerprint density at radius 3 is 1.81 bits per heavy atom. The van der Waals surface area contributed by atoms with Gasteiger partial charge >= 0.3 is 0 Å². The van der Waals surface area contributed by atoms with E-state index in [1.54, 1.807) is 0 Å². The van der Waals surface area contributed by atoms with E-state index in [4.69, 9.17) is 32.7 Å². The number of hydrogen-bond acceptors (Lipinski definition) is 7. The van der Waals surface area contributed by atoms with Gasteiger partial charge in [-0.15, -0.1) is 0 Å². The second kappa shape index (κ2) is 10.2. The second-order valence-corrected chi connectivity index (χ2v) is 11.8. The van der Waals surface area contributed by atoms with Crippen LogP contribution in [0, 0.1) is 0 Å². The van der Waals surface area contributed by atoms with Crippen molar-refractivity contribution in [3.8, 4) is 17.2 Å². The highest BCUT2D eigenvalue weighted by molar-refractivity contribution is 7.93. The first-order valence-corrected chi connectivity index (χ1v) is 14.2. The fraction of sp³-hybridized carbons (Fsp3) is 0.0833. The summed E-state index contributed by atoms with van der Waals surface area (Å²) in [6, 6.07) is 15.2. The normalized spacial score (nSPS) is 11.8. The summed E-state index contributed by atoms with van der Waals surface area (Å²) in [7, 11) is -6.08. The number of rotatable bonds is 8. The standard InChI is InChI=1S/C24H20Cl2N2O7S2/c1-34-23-18(25)5-3-7-20(23)27-36(30,31)16-11-14-9-10-15(29)12-17(14)22(13-16)37(32,33)28-21-8-4-6-19(26)24(21)35-2/h3-13,27-29H,1-2H3. The van der Waals surface area contributed by atoms with Crippen molar-refractivity contribution in [1.29, 1.82) is 0 Å². The molecule has 0 radical (unpaired) electrons. The van der Waals surface area contributed by atoms with Crippen LogP contribution >= 0.6 is 23.2 Å². The summed E-state index contributed by atoms with van der Waals surface area (Å²) in [5.74, 6) is -0.0268. The number of benzene rings is 4. The smallest absolute Gasteiger partial charge is 0.262 e. The van der Waals surface area contributed by atoms with Crippen molar-refractivity contribution >= 4 is 65.4 Å². The average molecular weight is 583 g/mol. The predicted molar refractivity (Wildman–Crippen MR) is 143 cm³/mol. The largest absolute Gasteiger partial charge is 0.508 e. The molecule has 0 aliphatic heterocycles. The van der Waals surface area contributed by atoms with Crippen molar-refractivity contribution in [1.82, 2.24) is 0 Å². The molecule has 0 fully saturated rings. The van der Waals surface area contributed by atoms with Gasteiger partial charge in [0.2, 0.25) is 0 Å². The highest BCUT2D eigenvalue weighted by Gasteiger charge is 2.26. The molecule has 0 unspecified atom stereocenters. The minimum absolute atomic E-state index is 0.0401. The Morgan fingerprint density at radius 1 is 0.730 bits per heavy atom. The molecule has 13 heteroatoms. The first-order valence-electron chi connectivity index (χ1n) is 10.4. The Balaban J connectivity index is 1.88. The summed E-state index contributed by atoms with van der Waals surface area (Å²) < 4.78 is 69.0. The summed E-state index contributed by atoms with van der Waals surface area (Å²) in [5.41, 5.74) is 0.102. The second-order valence-electron chi connectivity index (χ2n) is 7.68. The molecular weight excluding hydrogens is 563 g/mol. The molecule has 0 aromatic heterocycles. The topological polar surface area (TPSA) is 131 Å². The van der Waals surface area contributed by atoms with Gasteiger partial charge in [-0.05, 0) is 53.9 Å². The molecule has 0 spiro atoms. The molecule has 0 bridgehead atoms. The molecule has 0 saturated carbocycles. The van der Waals surface area contributed by atoms with E-state index in [9.17, 15) is 21.9 Å². The van der Waals surface area contributed by atoms with Crippen LogP contribution in [0.2, 0.25) is 10.0 Å². The SMILES string of the molecule is COc1c(Cl)cccc1NS(=O)(=O)c1cc(S(=O)(=O)Nc2cccc(Cl)c2OC)c2cc(O)ccc2c1. The van der Waals surface area contributed by atoms with E-state index in [1.165, 1.54) is 74.9 Å². The number of hydrogen-bond donors (Lipinski definition) is 3. The molecule has 4 rings (SSSR count). The van der Waals surface area contributed by atoms with Crippen molar-refractivity contribution in [3.63, 3.8) is 0 Å². The fourth-order valence-corrected chi connectivity index (χ4v) is 6.67. The lowest BCUT2D eigenvalue weighted by Crippen LogP contribution is -2.17.